The van der Waals surface area contributed by atoms with Crippen molar-refractivity contribution in [1.29, 1.82) is 5.26 Å². The van der Waals surface area contributed by atoms with Crippen LogP contribution in [0.15, 0.2) is 58.5 Å². The first kappa shape index (κ1) is 26.6. The van der Waals surface area contributed by atoms with Crippen LogP contribution < -0.4 is 15.9 Å². The standard InChI is InChI=1S/C25H16ClF4N5O3/c1-2-19-14(7-18(23(36)34-19)20-4-3-16(27)10-32-20)11-35-12-33-22(25(28,29)30)21(24(35)37)38-17-6-13(9-31)5-15(26)8-17/h3-8,10,12H,2,11H2,1H3,(H,34,36). The molecule has 8 nitrogen and oxygen atoms in total. The molecule has 0 spiro atoms. The molecule has 3 heterocycles. The number of benzene rings is 1. The second kappa shape index (κ2) is 10.5. The molecule has 194 valence electrons. The number of aromatic amines is 1. The van der Waals surface area contributed by atoms with Gasteiger partial charge in [0.05, 0.1) is 42.0 Å². The van der Waals surface area contributed by atoms with Crippen molar-refractivity contribution >= 4 is 11.6 Å². The first-order valence-corrected chi connectivity index (χ1v) is 11.3. The fraction of sp³-hybridized carbons (Fsp3) is 0.160. The van der Waals surface area contributed by atoms with Gasteiger partial charge in [0.2, 0.25) is 5.75 Å². The maximum atomic E-state index is 13.7. The molecule has 0 atom stereocenters. The largest absolute Gasteiger partial charge is 0.449 e. The summed E-state index contributed by atoms with van der Waals surface area (Å²) in [5.41, 5.74) is -2.20. The Balaban J connectivity index is 1.82. The van der Waals surface area contributed by atoms with E-state index < -0.39 is 34.6 Å². The molecule has 0 aliphatic carbocycles. The summed E-state index contributed by atoms with van der Waals surface area (Å²) in [5, 5.41) is 9.13. The van der Waals surface area contributed by atoms with Crippen LogP contribution in [0.3, 0.4) is 0 Å². The highest BCUT2D eigenvalue weighted by Crippen LogP contribution is 2.35. The Hall–Kier alpha value is -4.50. The first-order valence-electron chi connectivity index (χ1n) is 10.9. The van der Waals surface area contributed by atoms with E-state index in [0.717, 1.165) is 35.3 Å². The molecular formula is C25H16ClF4N5O3. The van der Waals surface area contributed by atoms with Gasteiger partial charge in [0.1, 0.15) is 11.6 Å². The number of pyridine rings is 2. The molecule has 0 saturated carbocycles. The quantitative estimate of drug-likeness (QED) is 0.338. The highest BCUT2D eigenvalue weighted by atomic mass is 35.5. The number of nitrogens with one attached hydrogen (secondary N) is 1. The molecule has 0 aliphatic heterocycles. The average molecular weight is 546 g/mol. The van der Waals surface area contributed by atoms with Gasteiger partial charge in [-0.2, -0.15) is 18.4 Å². The number of nitrogens with zero attached hydrogens (tertiary/aromatic N) is 4. The Morgan fingerprint density at radius 1 is 1.16 bits per heavy atom. The van der Waals surface area contributed by atoms with Crippen molar-refractivity contribution in [1.82, 2.24) is 19.5 Å². The van der Waals surface area contributed by atoms with E-state index >= 15 is 0 Å². The minimum absolute atomic E-state index is 0.00744. The van der Waals surface area contributed by atoms with E-state index in [2.05, 4.69) is 15.0 Å². The maximum absolute atomic E-state index is 13.7. The molecule has 38 heavy (non-hydrogen) atoms. The van der Waals surface area contributed by atoms with Gasteiger partial charge in [-0.15, -0.1) is 0 Å². The Bertz CT molecular complexity index is 1680. The van der Waals surface area contributed by atoms with E-state index in [1.165, 1.54) is 18.2 Å². The van der Waals surface area contributed by atoms with Crippen molar-refractivity contribution in [2.45, 2.75) is 26.1 Å². The maximum Gasteiger partial charge on any atom is 0.437 e. The van der Waals surface area contributed by atoms with Crippen molar-refractivity contribution in [3.05, 3.63) is 103 Å². The molecular weight excluding hydrogens is 530 g/mol. The predicted molar refractivity (Wildman–Crippen MR) is 128 cm³/mol. The average Bonchev–Trinajstić information content (AvgIpc) is 2.86. The molecule has 0 aliphatic rings. The van der Waals surface area contributed by atoms with Gasteiger partial charge in [-0.1, -0.05) is 18.5 Å². The number of aromatic nitrogens is 4. The number of alkyl halides is 3. The molecule has 3 aromatic heterocycles. The fourth-order valence-corrected chi connectivity index (χ4v) is 3.88. The SMILES string of the molecule is CCc1[nH]c(=O)c(-c2ccc(F)cn2)cc1Cn1cnc(C(F)(F)F)c(Oc2cc(Cl)cc(C#N)c2)c1=O. The van der Waals surface area contributed by atoms with E-state index in [-0.39, 0.29) is 34.1 Å². The molecule has 0 unspecified atom stereocenters. The zero-order valence-corrected chi connectivity index (χ0v) is 20.2. The number of hydrogen-bond donors (Lipinski definition) is 1. The Kier molecular flexibility index (Phi) is 7.32. The summed E-state index contributed by atoms with van der Waals surface area (Å²) in [6.07, 6.45) is -3.05. The zero-order chi connectivity index (χ0) is 27.6. The van der Waals surface area contributed by atoms with Crippen molar-refractivity contribution in [2.75, 3.05) is 0 Å². The summed E-state index contributed by atoms with van der Waals surface area (Å²) in [7, 11) is 0. The minimum Gasteiger partial charge on any atom is -0.449 e. The minimum atomic E-state index is -5.03. The molecule has 1 N–H and O–H groups in total. The summed E-state index contributed by atoms with van der Waals surface area (Å²) in [5.74, 6) is -1.99. The van der Waals surface area contributed by atoms with Gasteiger partial charge in [0.25, 0.3) is 11.1 Å². The van der Waals surface area contributed by atoms with Gasteiger partial charge in [-0.25, -0.2) is 9.37 Å². The second-order valence-electron chi connectivity index (χ2n) is 7.97. The van der Waals surface area contributed by atoms with Crippen LogP contribution in [0.2, 0.25) is 5.02 Å². The normalized spacial score (nSPS) is 11.3. The van der Waals surface area contributed by atoms with E-state index in [1.54, 1.807) is 13.0 Å². The Morgan fingerprint density at radius 2 is 1.92 bits per heavy atom. The van der Waals surface area contributed by atoms with Crippen molar-refractivity contribution in [3.63, 3.8) is 0 Å². The van der Waals surface area contributed by atoms with Gasteiger partial charge in [-0.3, -0.25) is 19.1 Å². The lowest BCUT2D eigenvalue weighted by Crippen LogP contribution is -2.27. The van der Waals surface area contributed by atoms with Gasteiger partial charge >= 0.3 is 6.18 Å². The predicted octanol–water partition coefficient (Wildman–Crippen LogP) is 5.08. The van der Waals surface area contributed by atoms with Gasteiger partial charge in [0, 0.05) is 10.7 Å². The second-order valence-corrected chi connectivity index (χ2v) is 8.41. The van der Waals surface area contributed by atoms with Crippen LogP contribution in [0, 0.1) is 17.1 Å². The zero-order valence-electron chi connectivity index (χ0n) is 19.4. The van der Waals surface area contributed by atoms with Crippen LogP contribution in [-0.2, 0) is 19.1 Å². The molecule has 0 saturated heterocycles. The topological polar surface area (TPSA) is 114 Å². The highest BCUT2D eigenvalue weighted by molar-refractivity contribution is 6.30. The number of halogens is 5. The van der Waals surface area contributed by atoms with Gasteiger partial charge < -0.3 is 9.72 Å². The lowest BCUT2D eigenvalue weighted by molar-refractivity contribution is -0.142. The van der Waals surface area contributed by atoms with Crippen LogP contribution in [0.25, 0.3) is 11.3 Å². The van der Waals surface area contributed by atoms with E-state index in [4.69, 9.17) is 21.6 Å². The molecule has 4 rings (SSSR count). The van der Waals surface area contributed by atoms with Crippen LogP contribution in [0.5, 0.6) is 11.5 Å². The third kappa shape index (κ3) is 5.57. The first-order chi connectivity index (χ1) is 18.0. The third-order valence-electron chi connectivity index (χ3n) is 5.40. The van der Waals surface area contributed by atoms with Crippen molar-refractivity contribution in [3.8, 4) is 28.8 Å². The molecule has 1 aromatic carbocycles. The molecule has 0 fully saturated rings. The van der Waals surface area contributed by atoms with Crippen LogP contribution in [-0.4, -0.2) is 19.5 Å². The number of hydrogen-bond acceptors (Lipinski definition) is 6. The summed E-state index contributed by atoms with van der Waals surface area (Å²) in [6.45, 7) is 1.45. The Labute approximate surface area is 216 Å². The highest BCUT2D eigenvalue weighted by Gasteiger charge is 2.39. The van der Waals surface area contributed by atoms with Crippen molar-refractivity contribution in [2.24, 2.45) is 0 Å². The van der Waals surface area contributed by atoms with E-state index in [0.29, 0.717) is 17.7 Å². The monoisotopic (exact) mass is 545 g/mol. The van der Waals surface area contributed by atoms with Crippen LogP contribution in [0.1, 0.15) is 29.4 Å². The van der Waals surface area contributed by atoms with E-state index in [9.17, 15) is 27.2 Å². The number of nitriles is 1. The smallest absolute Gasteiger partial charge is 0.437 e. The summed E-state index contributed by atoms with van der Waals surface area (Å²) in [6, 6.07) is 9.20. The summed E-state index contributed by atoms with van der Waals surface area (Å²) >= 11 is 5.92. The molecule has 0 amide bonds. The molecule has 0 radical (unpaired) electrons. The van der Waals surface area contributed by atoms with Crippen molar-refractivity contribution < 1.29 is 22.3 Å². The van der Waals surface area contributed by atoms with E-state index in [1.807, 2.05) is 0 Å². The molecule has 4 aromatic rings. The van der Waals surface area contributed by atoms with Gasteiger partial charge in [0.15, 0.2) is 5.69 Å². The lowest BCUT2D eigenvalue weighted by Gasteiger charge is -2.16. The number of aryl methyl sites for hydroxylation is 1. The van der Waals surface area contributed by atoms with Gasteiger partial charge in [-0.05, 0) is 48.4 Å². The van der Waals surface area contributed by atoms with Crippen LogP contribution in [0.4, 0.5) is 17.6 Å². The molecule has 13 heteroatoms. The number of rotatable bonds is 6. The lowest BCUT2D eigenvalue weighted by atomic mass is 10.1. The third-order valence-corrected chi connectivity index (χ3v) is 5.62. The number of ether oxygens (including phenoxy) is 1. The number of H-pyrrole nitrogens is 1. The molecule has 0 bridgehead atoms. The summed E-state index contributed by atoms with van der Waals surface area (Å²) in [4.78, 5) is 35.8. The summed E-state index contributed by atoms with van der Waals surface area (Å²) < 4.78 is 60.6. The Morgan fingerprint density at radius 3 is 2.55 bits per heavy atom. The van der Waals surface area contributed by atoms with Crippen LogP contribution >= 0.6 is 11.6 Å². The fourth-order valence-electron chi connectivity index (χ4n) is 3.66.